The second-order valence-corrected chi connectivity index (χ2v) is 7.43. The number of carbonyl (C=O) groups is 1. The van der Waals surface area contributed by atoms with Crippen LogP contribution < -0.4 is 5.32 Å². The summed E-state index contributed by atoms with van der Waals surface area (Å²) in [4.78, 5) is 16.6. The van der Waals surface area contributed by atoms with Crippen molar-refractivity contribution < 1.29 is 9.32 Å². The van der Waals surface area contributed by atoms with E-state index in [1.807, 2.05) is 32.0 Å². The minimum atomic E-state index is -0.129. The van der Waals surface area contributed by atoms with Crippen molar-refractivity contribution in [2.75, 3.05) is 0 Å². The number of carbonyl (C=O) groups excluding carboxylic acids is 1. The van der Waals surface area contributed by atoms with E-state index in [0.717, 1.165) is 5.82 Å². The van der Waals surface area contributed by atoms with Gasteiger partial charge in [0.05, 0.1) is 0 Å². The molecule has 0 aliphatic rings. The summed E-state index contributed by atoms with van der Waals surface area (Å²) in [7, 11) is 0. The van der Waals surface area contributed by atoms with Crippen molar-refractivity contribution in [2.24, 2.45) is 0 Å². The van der Waals surface area contributed by atoms with Gasteiger partial charge in [-0.25, -0.2) is 0 Å². The van der Waals surface area contributed by atoms with Crippen LogP contribution in [0, 0.1) is 0 Å². The van der Waals surface area contributed by atoms with Crippen molar-refractivity contribution in [2.45, 2.75) is 71.3 Å². The molecule has 2 aromatic rings. The number of hydrogen-bond donors (Lipinski definition) is 1. The monoisotopic (exact) mass is 343 g/mol. The van der Waals surface area contributed by atoms with Crippen molar-refractivity contribution in [1.29, 1.82) is 0 Å². The molecule has 1 aromatic heterocycles. The molecule has 25 heavy (non-hydrogen) atoms. The zero-order valence-electron chi connectivity index (χ0n) is 15.9. The Morgan fingerprint density at radius 3 is 2.48 bits per heavy atom. The predicted octanol–water partition coefficient (Wildman–Crippen LogP) is 4.00. The number of aryl methyl sites for hydroxylation is 1. The third-order valence-electron chi connectivity index (χ3n) is 4.77. The van der Waals surface area contributed by atoms with Gasteiger partial charge < -0.3 is 9.84 Å². The van der Waals surface area contributed by atoms with E-state index in [1.165, 1.54) is 5.56 Å². The molecule has 0 radical (unpaired) electrons. The highest BCUT2D eigenvalue weighted by molar-refractivity contribution is 5.76. The van der Waals surface area contributed by atoms with E-state index in [0.29, 0.717) is 25.2 Å². The second-order valence-electron chi connectivity index (χ2n) is 7.43. The summed E-state index contributed by atoms with van der Waals surface area (Å²) in [6.45, 7) is 10.4. The summed E-state index contributed by atoms with van der Waals surface area (Å²) in [5.74, 6) is 1.63. The van der Waals surface area contributed by atoms with Crippen LogP contribution in [0.4, 0.5) is 0 Å². The largest absolute Gasteiger partial charge is 0.353 e. The van der Waals surface area contributed by atoms with Crippen LogP contribution in [0.5, 0.6) is 0 Å². The zero-order chi connectivity index (χ0) is 18.4. The first-order valence-corrected chi connectivity index (χ1v) is 8.98. The molecule has 136 valence electrons. The molecule has 0 fully saturated rings. The van der Waals surface area contributed by atoms with Crippen LogP contribution in [-0.2, 0) is 16.6 Å². The Balaban J connectivity index is 1.81. The molecule has 0 aliphatic carbocycles. The first-order chi connectivity index (χ1) is 11.8. The maximum atomic E-state index is 12.3. The third kappa shape index (κ3) is 5.15. The molecule has 0 unspecified atom stereocenters. The quantitative estimate of drug-likeness (QED) is 0.786. The average Bonchev–Trinajstić information content (AvgIpc) is 3.04. The lowest BCUT2D eigenvalue weighted by atomic mass is 9.78. The molecule has 0 saturated carbocycles. The van der Waals surface area contributed by atoms with Crippen molar-refractivity contribution in [3.63, 3.8) is 0 Å². The summed E-state index contributed by atoms with van der Waals surface area (Å²) < 4.78 is 5.21. The number of rotatable bonds is 8. The van der Waals surface area contributed by atoms with Crippen LogP contribution in [0.15, 0.2) is 34.9 Å². The van der Waals surface area contributed by atoms with Gasteiger partial charge in [0.25, 0.3) is 0 Å². The highest BCUT2D eigenvalue weighted by Crippen LogP contribution is 2.26. The molecule has 0 bridgehead atoms. The van der Waals surface area contributed by atoms with Crippen molar-refractivity contribution in [3.05, 3.63) is 47.6 Å². The van der Waals surface area contributed by atoms with Crippen LogP contribution in [-0.4, -0.2) is 22.1 Å². The summed E-state index contributed by atoms with van der Waals surface area (Å²) in [6.07, 6.45) is 1.78. The summed E-state index contributed by atoms with van der Waals surface area (Å²) in [5, 5.41) is 7.06. The van der Waals surface area contributed by atoms with Gasteiger partial charge in [-0.1, -0.05) is 63.2 Å². The van der Waals surface area contributed by atoms with Gasteiger partial charge in [0.15, 0.2) is 5.82 Å². The fourth-order valence-corrected chi connectivity index (χ4v) is 2.62. The number of nitrogens with one attached hydrogen (secondary N) is 1. The van der Waals surface area contributed by atoms with Crippen LogP contribution in [0.25, 0.3) is 0 Å². The second kappa shape index (κ2) is 8.28. The molecule has 5 nitrogen and oxygen atoms in total. The molecular weight excluding hydrogens is 314 g/mol. The van der Waals surface area contributed by atoms with Gasteiger partial charge in [-0.15, -0.1) is 0 Å². The van der Waals surface area contributed by atoms with E-state index in [1.54, 1.807) is 0 Å². The Kier molecular flexibility index (Phi) is 6.34. The predicted molar refractivity (Wildman–Crippen MR) is 98.4 cm³/mol. The fraction of sp³-hybridized carbons (Fsp3) is 0.550. The van der Waals surface area contributed by atoms with E-state index in [2.05, 4.69) is 48.4 Å². The number of aromatic nitrogens is 2. The molecule has 0 spiro atoms. The van der Waals surface area contributed by atoms with Crippen LogP contribution in [0.1, 0.15) is 70.7 Å². The van der Waals surface area contributed by atoms with Gasteiger partial charge in [-0.2, -0.15) is 4.98 Å². The molecule has 0 saturated heterocycles. The molecule has 2 rings (SSSR count). The van der Waals surface area contributed by atoms with Crippen LogP contribution in [0.3, 0.4) is 0 Å². The molecule has 5 heteroatoms. The lowest BCUT2D eigenvalue weighted by Gasteiger charge is -2.33. The van der Waals surface area contributed by atoms with Gasteiger partial charge in [-0.3, -0.25) is 4.79 Å². The normalized spacial score (nSPS) is 13.0. The zero-order valence-corrected chi connectivity index (χ0v) is 15.9. The van der Waals surface area contributed by atoms with Gasteiger partial charge in [0.1, 0.15) is 0 Å². The summed E-state index contributed by atoms with van der Waals surface area (Å²) in [6, 6.07) is 10.3. The maximum Gasteiger partial charge on any atom is 0.226 e. The maximum absolute atomic E-state index is 12.3. The van der Waals surface area contributed by atoms with E-state index >= 15 is 0 Å². The molecule has 1 heterocycles. The molecule has 1 atom stereocenters. The van der Waals surface area contributed by atoms with E-state index in [-0.39, 0.29) is 23.3 Å². The van der Waals surface area contributed by atoms with E-state index < -0.39 is 0 Å². The standard InChI is InChI=1S/C20H29N3O2/c1-14(2)19-22-18(25-23-19)13-9-12-17(24)21-15(3)20(4,5)16-10-7-6-8-11-16/h6-8,10-11,14-15H,9,12-13H2,1-5H3,(H,21,24)/t15-/m1/s1. The number of nitrogens with zero attached hydrogens (tertiary/aromatic N) is 2. The van der Waals surface area contributed by atoms with Gasteiger partial charge in [-0.05, 0) is 18.9 Å². The minimum Gasteiger partial charge on any atom is -0.353 e. The minimum absolute atomic E-state index is 0.0401. The average molecular weight is 343 g/mol. The van der Waals surface area contributed by atoms with Gasteiger partial charge in [0, 0.05) is 30.2 Å². The molecule has 1 amide bonds. The number of amides is 1. The van der Waals surface area contributed by atoms with Crippen molar-refractivity contribution >= 4 is 5.91 Å². The fourth-order valence-electron chi connectivity index (χ4n) is 2.62. The lowest BCUT2D eigenvalue weighted by Crippen LogP contribution is -2.45. The Bertz CT molecular complexity index is 677. The Hall–Kier alpha value is -2.17. The number of hydrogen-bond acceptors (Lipinski definition) is 4. The highest BCUT2D eigenvalue weighted by Gasteiger charge is 2.28. The first-order valence-electron chi connectivity index (χ1n) is 8.98. The Morgan fingerprint density at radius 2 is 1.88 bits per heavy atom. The van der Waals surface area contributed by atoms with E-state index in [9.17, 15) is 4.79 Å². The first kappa shape index (κ1) is 19.2. The van der Waals surface area contributed by atoms with E-state index in [4.69, 9.17) is 4.52 Å². The Morgan fingerprint density at radius 1 is 1.20 bits per heavy atom. The van der Waals surface area contributed by atoms with Crippen LogP contribution >= 0.6 is 0 Å². The molecule has 1 N–H and O–H groups in total. The SMILES string of the molecule is CC(C)c1noc(CCCC(=O)N[C@H](C)C(C)(C)c2ccccc2)n1. The van der Waals surface area contributed by atoms with Gasteiger partial charge in [0.2, 0.25) is 11.8 Å². The lowest BCUT2D eigenvalue weighted by molar-refractivity contribution is -0.122. The van der Waals surface area contributed by atoms with Crippen molar-refractivity contribution in [3.8, 4) is 0 Å². The van der Waals surface area contributed by atoms with Crippen LogP contribution in [0.2, 0.25) is 0 Å². The topological polar surface area (TPSA) is 68.0 Å². The highest BCUT2D eigenvalue weighted by atomic mass is 16.5. The molecule has 1 aromatic carbocycles. The number of benzene rings is 1. The third-order valence-corrected chi connectivity index (χ3v) is 4.77. The van der Waals surface area contributed by atoms with Crippen molar-refractivity contribution in [1.82, 2.24) is 15.5 Å². The Labute approximate surface area is 150 Å². The summed E-state index contributed by atoms with van der Waals surface area (Å²) >= 11 is 0. The molecular formula is C20H29N3O2. The molecule has 0 aliphatic heterocycles. The smallest absolute Gasteiger partial charge is 0.226 e. The van der Waals surface area contributed by atoms with Gasteiger partial charge >= 0.3 is 0 Å². The summed E-state index contributed by atoms with van der Waals surface area (Å²) in [5.41, 5.74) is 1.09.